The van der Waals surface area contributed by atoms with Crippen LogP contribution in [0, 0.1) is 6.92 Å². The second kappa shape index (κ2) is 7.70. The van der Waals surface area contributed by atoms with E-state index in [9.17, 15) is 9.59 Å². The summed E-state index contributed by atoms with van der Waals surface area (Å²) in [4.78, 5) is 30.4. The van der Waals surface area contributed by atoms with Crippen molar-refractivity contribution in [2.45, 2.75) is 39.8 Å². The number of nitrogens with zero attached hydrogens (tertiary/aromatic N) is 1. The van der Waals surface area contributed by atoms with Crippen LogP contribution in [0.2, 0.25) is 0 Å². The largest absolute Gasteiger partial charge is 0.445 e. The van der Waals surface area contributed by atoms with Gasteiger partial charge in [-0.3, -0.25) is 0 Å². The number of carbonyl (C=O) groups is 1. The number of carbonyl (C=O) groups excluding carboxylic acids is 1. The van der Waals surface area contributed by atoms with Crippen molar-refractivity contribution in [2.75, 3.05) is 0 Å². The van der Waals surface area contributed by atoms with Crippen LogP contribution in [-0.4, -0.2) is 11.1 Å². The molecule has 0 spiro atoms. The monoisotopic (exact) mass is 372 g/mol. The fourth-order valence-electron chi connectivity index (χ4n) is 2.74. The van der Waals surface area contributed by atoms with Crippen molar-refractivity contribution in [2.24, 2.45) is 0 Å². The third-order valence-electron chi connectivity index (χ3n) is 4.07. The molecule has 0 radical (unpaired) electrons. The second-order valence-electron chi connectivity index (χ2n) is 5.94. The highest BCUT2D eigenvalue weighted by molar-refractivity contribution is 7.18. The number of ether oxygens (including phenoxy) is 1. The zero-order valence-corrected chi connectivity index (χ0v) is 15.7. The number of amides is 1. The SMILES string of the molecule is CCc1c(C)sc2nc([C@H](C)NC(=O)OCc3ccccc3)oc(=O)c12. The number of benzene rings is 1. The van der Waals surface area contributed by atoms with Crippen LogP contribution >= 0.6 is 11.3 Å². The molecule has 6 nitrogen and oxygen atoms in total. The first kappa shape index (κ1) is 18.1. The first-order valence-electron chi connectivity index (χ1n) is 8.39. The van der Waals surface area contributed by atoms with E-state index in [0.29, 0.717) is 10.2 Å². The molecule has 3 aromatic rings. The fourth-order valence-corrected chi connectivity index (χ4v) is 3.84. The summed E-state index contributed by atoms with van der Waals surface area (Å²) >= 11 is 1.46. The maximum atomic E-state index is 12.3. The van der Waals surface area contributed by atoms with E-state index in [2.05, 4.69) is 10.3 Å². The Hall–Kier alpha value is -2.67. The Morgan fingerprint density at radius 2 is 2.08 bits per heavy atom. The highest BCUT2D eigenvalue weighted by Gasteiger charge is 2.20. The summed E-state index contributed by atoms with van der Waals surface area (Å²) < 4.78 is 10.5. The molecule has 2 heterocycles. The van der Waals surface area contributed by atoms with E-state index < -0.39 is 17.8 Å². The van der Waals surface area contributed by atoms with Crippen molar-refractivity contribution in [3.63, 3.8) is 0 Å². The van der Waals surface area contributed by atoms with Crippen molar-refractivity contribution in [1.29, 1.82) is 0 Å². The van der Waals surface area contributed by atoms with Gasteiger partial charge in [0.25, 0.3) is 0 Å². The second-order valence-corrected chi connectivity index (χ2v) is 7.14. The van der Waals surface area contributed by atoms with Gasteiger partial charge in [0, 0.05) is 4.88 Å². The number of nitrogens with one attached hydrogen (secondary N) is 1. The number of aromatic nitrogens is 1. The summed E-state index contributed by atoms with van der Waals surface area (Å²) in [6.45, 7) is 5.82. The van der Waals surface area contributed by atoms with Crippen molar-refractivity contribution in [1.82, 2.24) is 10.3 Å². The quantitative estimate of drug-likeness (QED) is 0.729. The fraction of sp³-hybridized carbons (Fsp3) is 0.316. The van der Waals surface area contributed by atoms with E-state index in [4.69, 9.17) is 9.15 Å². The van der Waals surface area contributed by atoms with Crippen LogP contribution in [0.1, 0.15) is 41.8 Å². The van der Waals surface area contributed by atoms with Crippen molar-refractivity contribution in [3.8, 4) is 0 Å². The predicted molar refractivity (Wildman–Crippen MR) is 100 cm³/mol. The lowest BCUT2D eigenvalue weighted by atomic mass is 10.1. The topological polar surface area (TPSA) is 81.4 Å². The average Bonchev–Trinajstić information content (AvgIpc) is 2.96. The first-order valence-corrected chi connectivity index (χ1v) is 9.21. The number of rotatable bonds is 5. The van der Waals surface area contributed by atoms with Gasteiger partial charge in [-0.15, -0.1) is 11.3 Å². The molecule has 0 bridgehead atoms. The minimum absolute atomic E-state index is 0.166. The van der Waals surface area contributed by atoms with Crippen LogP contribution in [-0.2, 0) is 17.8 Å². The number of hydrogen-bond acceptors (Lipinski definition) is 6. The molecule has 3 rings (SSSR count). The van der Waals surface area contributed by atoms with Crippen LogP contribution < -0.4 is 10.9 Å². The number of alkyl carbamates (subject to hydrolysis) is 1. The van der Waals surface area contributed by atoms with Crippen LogP contribution in [0.25, 0.3) is 10.2 Å². The van der Waals surface area contributed by atoms with E-state index in [1.807, 2.05) is 44.2 Å². The van der Waals surface area contributed by atoms with Gasteiger partial charge in [0.1, 0.15) is 22.9 Å². The van der Waals surface area contributed by atoms with Crippen molar-refractivity contribution < 1.29 is 13.9 Å². The molecule has 2 aromatic heterocycles. The van der Waals surface area contributed by atoms with Crippen LogP contribution in [0.3, 0.4) is 0 Å². The molecule has 0 aliphatic heterocycles. The smallest absolute Gasteiger partial charge is 0.408 e. The molecule has 0 aliphatic rings. The van der Waals surface area contributed by atoms with Gasteiger partial charge >= 0.3 is 11.7 Å². The Morgan fingerprint density at radius 1 is 1.35 bits per heavy atom. The summed E-state index contributed by atoms with van der Waals surface area (Å²) in [5.41, 5.74) is 1.45. The van der Waals surface area contributed by atoms with E-state index in [-0.39, 0.29) is 12.5 Å². The van der Waals surface area contributed by atoms with Crippen molar-refractivity contribution in [3.05, 3.63) is 62.6 Å². The standard InChI is InChI=1S/C19H20N2O4S/c1-4-14-12(3)26-17-15(14)18(22)25-16(21-17)11(2)20-19(23)24-10-13-8-6-5-7-9-13/h5-9,11H,4,10H2,1-3H3,(H,20,23)/t11-/m0/s1. The van der Waals surface area contributed by atoms with Crippen LogP contribution in [0.5, 0.6) is 0 Å². The van der Waals surface area contributed by atoms with E-state index >= 15 is 0 Å². The summed E-state index contributed by atoms with van der Waals surface area (Å²) in [6, 6.07) is 8.81. The van der Waals surface area contributed by atoms with Gasteiger partial charge in [0.2, 0.25) is 5.89 Å². The predicted octanol–water partition coefficient (Wildman–Crippen LogP) is 4.11. The first-order chi connectivity index (χ1) is 12.5. The van der Waals surface area contributed by atoms with Gasteiger partial charge in [-0.25, -0.2) is 14.6 Å². The van der Waals surface area contributed by atoms with Crippen molar-refractivity contribution >= 4 is 27.6 Å². The highest BCUT2D eigenvalue weighted by Crippen LogP contribution is 2.28. The van der Waals surface area contributed by atoms with E-state index in [0.717, 1.165) is 22.4 Å². The van der Waals surface area contributed by atoms with Gasteiger partial charge in [0.05, 0.1) is 0 Å². The molecule has 1 amide bonds. The number of fused-ring (bicyclic) bond motifs is 1. The Kier molecular flexibility index (Phi) is 5.37. The van der Waals surface area contributed by atoms with Crippen LogP contribution in [0.4, 0.5) is 4.79 Å². The number of aryl methyl sites for hydroxylation is 2. The normalized spacial score (nSPS) is 12.1. The maximum Gasteiger partial charge on any atom is 0.408 e. The Labute approximate surface area is 154 Å². The molecule has 26 heavy (non-hydrogen) atoms. The minimum atomic E-state index is -0.595. The van der Waals surface area contributed by atoms with Gasteiger partial charge < -0.3 is 14.5 Å². The molecule has 0 unspecified atom stereocenters. The van der Waals surface area contributed by atoms with Gasteiger partial charge in [0.15, 0.2) is 0 Å². The molecule has 0 saturated heterocycles. The lowest BCUT2D eigenvalue weighted by Crippen LogP contribution is -2.28. The molecular formula is C19H20N2O4S. The highest BCUT2D eigenvalue weighted by atomic mass is 32.1. The Bertz CT molecular complexity index is 978. The van der Waals surface area contributed by atoms with Crippen LogP contribution in [0.15, 0.2) is 39.5 Å². The average molecular weight is 372 g/mol. The molecule has 136 valence electrons. The lowest BCUT2D eigenvalue weighted by Gasteiger charge is -2.12. The third kappa shape index (κ3) is 3.77. The number of thiophene rings is 1. The van der Waals surface area contributed by atoms with Gasteiger partial charge in [-0.05, 0) is 31.4 Å². The lowest BCUT2D eigenvalue weighted by molar-refractivity contribution is 0.134. The Morgan fingerprint density at radius 3 is 2.77 bits per heavy atom. The maximum absolute atomic E-state index is 12.3. The summed E-state index contributed by atoms with van der Waals surface area (Å²) in [5.74, 6) is 0.170. The molecule has 1 N–H and O–H groups in total. The summed E-state index contributed by atoms with van der Waals surface area (Å²) in [5, 5.41) is 3.18. The molecular weight excluding hydrogens is 352 g/mol. The Balaban J connectivity index is 1.72. The zero-order valence-electron chi connectivity index (χ0n) is 14.9. The van der Waals surface area contributed by atoms with E-state index in [1.165, 1.54) is 11.3 Å². The molecule has 0 fully saturated rings. The van der Waals surface area contributed by atoms with Gasteiger partial charge in [-0.2, -0.15) is 0 Å². The molecule has 0 aliphatic carbocycles. The number of hydrogen-bond donors (Lipinski definition) is 1. The molecule has 1 aromatic carbocycles. The molecule has 1 atom stereocenters. The van der Waals surface area contributed by atoms with E-state index in [1.54, 1.807) is 6.92 Å². The minimum Gasteiger partial charge on any atom is -0.445 e. The molecule has 0 saturated carbocycles. The summed E-state index contributed by atoms with van der Waals surface area (Å²) in [6.07, 6.45) is 0.152. The van der Waals surface area contributed by atoms with Gasteiger partial charge in [-0.1, -0.05) is 37.3 Å². The third-order valence-corrected chi connectivity index (χ3v) is 5.12. The molecule has 7 heteroatoms. The summed E-state index contributed by atoms with van der Waals surface area (Å²) in [7, 11) is 0. The zero-order chi connectivity index (χ0) is 18.7.